The van der Waals surface area contributed by atoms with Gasteiger partial charge in [0.15, 0.2) is 5.16 Å². The van der Waals surface area contributed by atoms with E-state index >= 15 is 0 Å². The lowest BCUT2D eigenvalue weighted by atomic mass is 9.82. The van der Waals surface area contributed by atoms with Gasteiger partial charge in [0.25, 0.3) is 5.56 Å². The van der Waals surface area contributed by atoms with E-state index in [0.717, 1.165) is 25.7 Å². The van der Waals surface area contributed by atoms with E-state index < -0.39 is 5.97 Å². The Hall–Kier alpha value is -2.65. The van der Waals surface area contributed by atoms with Crippen LogP contribution in [0.15, 0.2) is 51.7 Å². The van der Waals surface area contributed by atoms with E-state index in [4.69, 9.17) is 0 Å². The molecule has 0 aliphatic heterocycles. The first kappa shape index (κ1) is 24.5. The van der Waals surface area contributed by atoms with Gasteiger partial charge in [-0.25, -0.2) is 4.98 Å². The molecule has 1 aliphatic carbocycles. The number of carbonyl (C=O) groups is 2. The fraction of sp³-hybridized carbons (Fsp3) is 0.440. The molecule has 180 valence electrons. The highest BCUT2D eigenvalue weighted by Gasteiger charge is 2.27. The number of amides is 1. The number of carbonyl (C=O) groups excluding carboxylic acids is 1. The summed E-state index contributed by atoms with van der Waals surface area (Å²) >= 11 is 2.66. The maximum absolute atomic E-state index is 13.2. The Kier molecular flexibility index (Phi) is 8.39. The second-order valence-corrected chi connectivity index (χ2v) is 10.6. The number of aryl methyl sites for hydroxylation is 1. The Morgan fingerprint density at radius 3 is 2.65 bits per heavy atom. The number of aromatic nitrogens is 2. The standard InChI is InChI=1S/C25H29N3O4S2/c29-21(26-13-4-7-17-5-2-1-3-6-17)16-34-25-27-20-12-14-33-22(20)23(30)28(25)15-18-8-10-19(11-9-18)24(31)32/h1-3,5-6,12,14,18-19H,4,7-11,13,15-16H2,(H,26,29)(H,31,32). The first-order chi connectivity index (χ1) is 16.5. The van der Waals surface area contributed by atoms with Gasteiger partial charge in [0.2, 0.25) is 5.91 Å². The monoisotopic (exact) mass is 499 g/mol. The van der Waals surface area contributed by atoms with Crippen LogP contribution in [0, 0.1) is 11.8 Å². The predicted molar refractivity (Wildman–Crippen MR) is 135 cm³/mol. The van der Waals surface area contributed by atoms with Crippen LogP contribution in [0.3, 0.4) is 0 Å². The number of thiophene rings is 1. The van der Waals surface area contributed by atoms with Crippen LogP contribution in [0.1, 0.15) is 37.7 Å². The Morgan fingerprint density at radius 2 is 1.91 bits per heavy atom. The summed E-state index contributed by atoms with van der Waals surface area (Å²) in [7, 11) is 0. The van der Waals surface area contributed by atoms with Crippen molar-refractivity contribution in [1.29, 1.82) is 0 Å². The molecule has 0 spiro atoms. The van der Waals surface area contributed by atoms with Gasteiger partial charge in [0.1, 0.15) is 4.70 Å². The molecule has 2 heterocycles. The number of nitrogens with zero attached hydrogens (tertiary/aromatic N) is 2. The summed E-state index contributed by atoms with van der Waals surface area (Å²) in [5, 5.41) is 14.6. The minimum absolute atomic E-state index is 0.0776. The minimum atomic E-state index is -0.733. The molecule has 3 aromatic rings. The summed E-state index contributed by atoms with van der Waals surface area (Å²) in [6.45, 7) is 1.11. The van der Waals surface area contributed by atoms with Crippen LogP contribution in [0.5, 0.6) is 0 Å². The van der Waals surface area contributed by atoms with Gasteiger partial charge in [-0.3, -0.25) is 19.0 Å². The third-order valence-corrected chi connectivity index (χ3v) is 8.18. The molecule has 1 aromatic carbocycles. The maximum Gasteiger partial charge on any atom is 0.306 e. The zero-order valence-electron chi connectivity index (χ0n) is 18.9. The van der Waals surface area contributed by atoms with Crippen molar-refractivity contribution in [2.75, 3.05) is 12.3 Å². The third kappa shape index (κ3) is 6.27. The number of benzene rings is 1. The van der Waals surface area contributed by atoms with Crippen LogP contribution < -0.4 is 10.9 Å². The van der Waals surface area contributed by atoms with E-state index in [2.05, 4.69) is 22.4 Å². The maximum atomic E-state index is 13.2. The van der Waals surface area contributed by atoms with Crippen LogP contribution in [0.25, 0.3) is 10.2 Å². The lowest BCUT2D eigenvalue weighted by Crippen LogP contribution is -2.30. The molecule has 1 saturated carbocycles. The minimum Gasteiger partial charge on any atom is -0.481 e. The Labute approximate surface area is 206 Å². The number of nitrogens with one attached hydrogen (secondary N) is 1. The largest absolute Gasteiger partial charge is 0.481 e. The van der Waals surface area contributed by atoms with Crippen molar-refractivity contribution in [1.82, 2.24) is 14.9 Å². The average molecular weight is 500 g/mol. The lowest BCUT2D eigenvalue weighted by Gasteiger charge is -2.27. The van der Waals surface area contributed by atoms with Crippen molar-refractivity contribution in [3.8, 4) is 0 Å². The number of rotatable bonds is 10. The molecule has 1 fully saturated rings. The lowest BCUT2D eigenvalue weighted by molar-refractivity contribution is -0.143. The van der Waals surface area contributed by atoms with Crippen molar-refractivity contribution in [3.05, 3.63) is 57.7 Å². The summed E-state index contributed by atoms with van der Waals surface area (Å²) in [5.41, 5.74) is 1.83. The molecule has 1 aliphatic rings. The van der Waals surface area contributed by atoms with Gasteiger partial charge in [-0.05, 0) is 61.5 Å². The van der Waals surface area contributed by atoms with E-state index in [0.29, 0.717) is 41.3 Å². The molecule has 34 heavy (non-hydrogen) atoms. The molecule has 0 radical (unpaired) electrons. The molecule has 2 aromatic heterocycles. The van der Waals surface area contributed by atoms with Crippen molar-refractivity contribution < 1.29 is 14.7 Å². The van der Waals surface area contributed by atoms with Gasteiger partial charge in [-0.15, -0.1) is 11.3 Å². The van der Waals surface area contributed by atoms with Crippen LogP contribution in [0.4, 0.5) is 0 Å². The van der Waals surface area contributed by atoms with Gasteiger partial charge in [0.05, 0.1) is 17.2 Å². The molecular formula is C25H29N3O4S2. The fourth-order valence-corrected chi connectivity index (χ4v) is 6.01. The molecule has 2 N–H and O–H groups in total. The van der Waals surface area contributed by atoms with Gasteiger partial charge >= 0.3 is 5.97 Å². The van der Waals surface area contributed by atoms with Gasteiger partial charge < -0.3 is 10.4 Å². The van der Waals surface area contributed by atoms with Crippen molar-refractivity contribution in [2.45, 2.75) is 50.2 Å². The van der Waals surface area contributed by atoms with Crippen LogP contribution >= 0.6 is 23.1 Å². The molecular weight excluding hydrogens is 470 g/mol. The summed E-state index contributed by atoms with van der Waals surface area (Å²) in [6, 6.07) is 12.0. The van der Waals surface area contributed by atoms with Crippen LogP contribution in [-0.2, 0) is 22.6 Å². The number of hydrogen-bond donors (Lipinski definition) is 2. The zero-order valence-corrected chi connectivity index (χ0v) is 20.6. The van der Waals surface area contributed by atoms with Crippen molar-refractivity contribution in [2.24, 2.45) is 11.8 Å². The Bertz CT molecular complexity index is 1180. The smallest absolute Gasteiger partial charge is 0.306 e. The number of carboxylic acids is 1. The third-order valence-electron chi connectivity index (χ3n) is 6.31. The topological polar surface area (TPSA) is 101 Å². The summed E-state index contributed by atoms with van der Waals surface area (Å²) in [6.07, 6.45) is 4.60. The SMILES string of the molecule is O=C(CSc1nc2ccsc2c(=O)n1CC1CCC(C(=O)O)CC1)NCCCc1ccccc1. The summed E-state index contributed by atoms with van der Waals surface area (Å²) in [5.74, 6) is -0.669. The van der Waals surface area contributed by atoms with Gasteiger partial charge in [0, 0.05) is 13.1 Å². The van der Waals surface area contributed by atoms with E-state index in [1.807, 2.05) is 29.6 Å². The molecule has 1 amide bonds. The number of fused-ring (bicyclic) bond motifs is 1. The van der Waals surface area contributed by atoms with E-state index in [1.165, 1.54) is 28.7 Å². The molecule has 0 unspecified atom stereocenters. The van der Waals surface area contributed by atoms with Gasteiger partial charge in [-0.1, -0.05) is 42.1 Å². The average Bonchev–Trinajstić information content (AvgIpc) is 3.32. The van der Waals surface area contributed by atoms with Gasteiger partial charge in [-0.2, -0.15) is 0 Å². The predicted octanol–water partition coefficient (Wildman–Crippen LogP) is 4.19. The van der Waals surface area contributed by atoms with E-state index in [9.17, 15) is 19.5 Å². The van der Waals surface area contributed by atoms with Crippen LogP contribution in [0.2, 0.25) is 0 Å². The number of aliphatic carboxylic acids is 1. The Morgan fingerprint density at radius 1 is 1.15 bits per heavy atom. The summed E-state index contributed by atoms with van der Waals surface area (Å²) < 4.78 is 2.31. The molecule has 0 bridgehead atoms. The van der Waals surface area contributed by atoms with E-state index in [-0.39, 0.29) is 29.1 Å². The highest BCUT2D eigenvalue weighted by atomic mass is 32.2. The quantitative estimate of drug-likeness (QED) is 0.246. The number of thioether (sulfide) groups is 1. The Balaban J connectivity index is 1.36. The second kappa shape index (κ2) is 11.7. The van der Waals surface area contributed by atoms with Crippen molar-refractivity contribution >= 4 is 45.2 Å². The molecule has 0 atom stereocenters. The molecule has 7 nitrogen and oxygen atoms in total. The summed E-state index contributed by atoms with van der Waals surface area (Å²) in [4.78, 5) is 41.5. The highest BCUT2D eigenvalue weighted by molar-refractivity contribution is 7.99. The van der Waals surface area contributed by atoms with Crippen molar-refractivity contribution in [3.63, 3.8) is 0 Å². The number of carboxylic acid groups (broad SMARTS) is 1. The first-order valence-electron chi connectivity index (χ1n) is 11.7. The molecule has 0 saturated heterocycles. The zero-order chi connectivity index (χ0) is 23.9. The first-order valence-corrected chi connectivity index (χ1v) is 13.5. The molecule has 9 heteroatoms. The normalized spacial score (nSPS) is 18.1. The second-order valence-electron chi connectivity index (χ2n) is 8.73. The van der Waals surface area contributed by atoms with Crippen LogP contribution in [-0.4, -0.2) is 38.8 Å². The highest BCUT2D eigenvalue weighted by Crippen LogP contribution is 2.31. The number of hydrogen-bond acceptors (Lipinski definition) is 6. The van der Waals surface area contributed by atoms with E-state index in [1.54, 1.807) is 4.57 Å². The fourth-order valence-electron chi connectivity index (χ4n) is 4.39. The molecule has 4 rings (SSSR count).